The number of sulfonamides is 1. The number of rotatable bonds is 10. The van der Waals surface area contributed by atoms with Crippen LogP contribution in [0.5, 0.6) is 5.75 Å². The Morgan fingerprint density at radius 2 is 1.97 bits per heavy atom. The van der Waals surface area contributed by atoms with Gasteiger partial charge in [-0.05, 0) is 62.9 Å². The van der Waals surface area contributed by atoms with E-state index in [1.165, 1.54) is 4.31 Å². The van der Waals surface area contributed by atoms with E-state index in [0.717, 1.165) is 11.1 Å². The third kappa shape index (κ3) is 6.00. The Balaban J connectivity index is 1.68. The van der Waals surface area contributed by atoms with Gasteiger partial charge >= 0.3 is 5.97 Å². The first-order valence-corrected chi connectivity index (χ1v) is 14.5. The van der Waals surface area contributed by atoms with Crippen LogP contribution < -0.4 is 4.74 Å². The van der Waals surface area contributed by atoms with Gasteiger partial charge in [0.2, 0.25) is 10.0 Å². The number of fused-ring (bicyclic) bond motifs is 1. The maximum atomic E-state index is 13.7. The van der Waals surface area contributed by atoms with Crippen molar-refractivity contribution in [2.24, 2.45) is 5.41 Å². The highest BCUT2D eigenvalue weighted by Gasteiger charge is 2.40. The number of carboxylic acid groups (broad SMARTS) is 1. The highest BCUT2D eigenvalue weighted by molar-refractivity contribution is 7.89. The Labute approximate surface area is 229 Å². The van der Waals surface area contributed by atoms with E-state index < -0.39 is 27.5 Å². The van der Waals surface area contributed by atoms with Gasteiger partial charge in [-0.25, -0.2) is 8.42 Å². The molecule has 0 fully saturated rings. The second kappa shape index (κ2) is 11.4. The number of carboxylic acids is 1. The van der Waals surface area contributed by atoms with Crippen LogP contribution in [0, 0.1) is 12.3 Å². The zero-order valence-electron chi connectivity index (χ0n) is 23.0. The zero-order chi connectivity index (χ0) is 28.4. The van der Waals surface area contributed by atoms with Crippen molar-refractivity contribution in [3.63, 3.8) is 0 Å². The highest BCUT2D eigenvalue weighted by atomic mass is 32.2. The van der Waals surface area contributed by atoms with Crippen LogP contribution in [-0.4, -0.2) is 51.4 Å². The third-order valence-corrected chi connectivity index (χ3v) is 9.01. The molecule has 10 nitrogen and oxygen atoms in total. The van der Waals surface area contributed by atoms with Crippen molar-refractivity contribution in [2.75, 3.05) is 6.54 Å². The second-order valence-corrected chi connectivity index (χ2v) is 12.3. The van der Waals surface area contributed by atoms with Crippen LogP contribution in [0.3, 0.4) is 0 Å². The molecule has 39 heavy (non-hydrogen) atoms. The van der Waals surface area contributed by atoms with Gasteiger partial charge < -0.3 is 14.6 Å². The van der Waals surface area contributed by atoms with E-state index in [4.69, 9.17) is 9.47 Å². The van der Waals surface area contributed by atoms with Gasteiger partial charge in [0.1, 0.15) is 22.4 Å². The quantitative estimate of drug-likeness (QED) is 0.391. The average Bonchev–Trinajstić information content (AvgIpc) is 3.33. The van der Waals surface area contributed by atoms with Crippen molar-refractivity contribution in [3.05, 3.63) is 71.0 Å². The van der Waals surface area contributed by atoms with E-state index in [0.29, 0.717) is 30.0 Å². The minimum atomic E-state index is -3.83. The molecule has 1 aromatic heterocycles. The Morgan fingerprint density at radius 3 is 2.64 bits per heavy atom. The molecule has 1 unspecified atom stereocenters. The number of hydrogen-bond acceptors (Lipinski definition) is 7. The molecular formula is C28H36N4O6S. The number of aryl methyl sites for hydroxylation is 2. The van der Waals surface area contributed by atoms with Crippen molar-refractivity contribution in [2.45, 2.75) is 77.8 Å². The predicted octanol–water partition coefficient (Wildman–Crippen LogP) is 4.34. The number of ether oxygens (including phenoxy) is 2. The standard InChI is InChI=1S/C28H36N4O6S/c1-6-23-17-32(39(35,36)25-11-9-8-10-24(25)38-23)15-21-14-20(13-12-19(21)3)26(28(4,5)27(33)34)37-18-22-16-31(7-2)30-29-22/h8-14,16,23,26H,6-7,15,17-18H2,1-5H3,(H,33,34)/t23-,26?/m1/s1. The lowest BCUT2D eigenvalue weighted by Crippen LogP contribution is -2.36. The molecule has 1 aliphatic rings. The first-order chi connectivity index (χ1) is 18.5. The molecule has 11 heteroatoms. The number of para-hydroxylation sites is 1. The molecule has 1 N–H and O–H groups in total. The Kier molecular flexibility index (Phi) is 8.43. The van der Waals surface area contributed by atoms with Crippen molar-refractivity contribution in [1.82, 2.24) is 19.3 Å². The summed E-state index contributed by atoms with van der Waals surface area (Å²) in [6.07, 6.45) is 1.28. The fourth-order valence-corrected chi connectivity index (χ4v) is 6.15. The molecule has 2 atom stereocenters. The fraction of sp³-hybridized carbons (Fsp3) is 0.464. The minimum Gasteiger partial charge on any atom is -0.488 e. The summed E-state index contributed by atoms with van der Waals surface area (Å²) in [5, 5.41) is 18.2. The maximum Gasteiger partial charge on any atom is 0.312 e. The summed E-state index contributed by atoms with van der Waals surface area (Å²) in [7, 11) is -3.83. The van der Waals surface area contributed by atoms with Gasteiger partial charge in [0.25, 0.3) is 0 Å². The smallest absolute Gasteiger partial charge is 0.312 e. The van der Waals surface area contributed by atoms with Crippen LogP contribution in [0.25, 0.3) is 0 Å². The molecule has 1 aliphatic heterocycles. The van der Waals surface area contributed by atoms with Crippen LogP contribution in [0.1, 0.15) is 62.6 Å². The molecule has 0 amide bonds. The van der Waals surface area contributed by atoms with Crippen LogP contribution in [0.15, 0.2) is 53.6 Å². The van der Waals surface area contributed by atoms with E-state index >= 15 is 0 Å². The van der Waals surface area contributed by atoms with Crippen molar-refractivity contribution in [1.29, 1.82) is 0 Å². The van der Waals surface area contributed by atoms with Crippen LogP contribution in [0.2, 0.25) is 0 Å². The van der Waals surface area contributed by atoms with Crippen LogP contribution in [0.4, 0.5) is 0 Å². The minimum absolute atomic E-state index is 0.0807. The molecule has 0 aliphatic carbocycles. The first kappa shape index (κ1) is 28.7. The number of nitrogens with zero attached hydrogens (tertiary/aromatic N) is 4. The lowest BCUT2D eigenvalue weighted by Gasteiger charge is -2.31. The lowest BCUT2D eigenvalue weighted by molar-refractivity contribution is -0.158. The van der Waals surface area contributed by atoms with Gasteiger partial charge in [0.05, 0.1) is 30.9 Å². The highest BCUT2D eigenvalue weighted by Crippen LogP contribution is 2.39. The van der Waals surface area contributed by atoms with Gasteiger partial charge in [0, 0.05) is 13.1 Å². The molecule has 0 radical (unpaired) electrons. The monoisotopic (exact) mass is 556 g/mol. The SMILES string of the molecule is CC[C@@H]1CN(Cc2cc(C(OCc3cn(CC)nn3)C(C)(C)C(=O)O)ccc2C)S(=O)(=O)c2ccccc2O1. The Bertz CT molecular complexity index is 1440. The molecular weight excluding hydrogens is 520 g/mol. The van der Waals surface area contributed by atoms with E-state index in [9.17, 15) is 18.3 Å². The van der Waals surface area contributed by atoms with Gasteiger partial charge in [-0.2, -0.15) is 4.31 Å². The molecule has 3 aromatic rings. The summed E-state index contributed by atoms with van der Waals surface area (Å²) < 4.78 is 42.7. The summed E-state index contributed by atoms with van der Waals surface area (Å²) in [5.41, 5.74) is 1.61. The largest absolute Gasteiger partial charge is 0.488 e. The Morgan fingerprint density at radius 1 is 1.23 bits per heavy atom. The van der Waals surface area contributed by atoms with E-state index in [2.05, 4.69) is 10.3 Å². The van der Waals surface area contributed by atoms with Crippen molar-refractivity contribution < 1.29 is 27.8 Å². The van der Waals surface area contributed by atoms with Crippen LogP contribution >= 0.6 is 0 Å². The first-order valence-electron chi connectivity index (χ1n) is 13.1. The van der Waals surface area contributed by atoms with E-state index in [1.54, 1.807) is 49.0 Å². The third-order valence-electron chi connectivity index (χ3n) is 7.16. The number of benzene rings is 2. The topological polar surface area (TPSA) is 124 Å². The van der Waals surface area contributed by atoms with E-state index in [-0.39, 0.29) is 30.7 Å². The number of carbonyl (C=O) groups is 1. The molecule has 0 saturated carbocycles. The number of aromatic nitrogens is 3. The molecule has 2 heterocycles. The summed E-state index contributed by atoms with van der Waals surface area (Å²) in [4.78, 5) is 12.4. The van der Waals surface area contributed by atoms with E-state index in [1.807, 2.05) is 39.0 Å². The molecule has 2 aromatic carbocycles. The van der Waals surface area contributed by atoms with Crippen molar-refractivity contribution in [3.8, 4) is 5.75 Å². The van der Waals surface area contributed by atoms with Crippen molar-refractivity contribution >= 4 is 16.0 Å². The molecule has 0 bridgehead atoms. The fourth-order valence-electron chi connectivity index (χ4n) is 4.58. The summed E-state index contributed by atoms with van der Waals surface area (Å²) in [5.74, 6) is -0.657. The zero-order valence-corrected chi connectivity index (χ0v) is 23.8. The lowest BCUT2D eigenvalue weighted by atomic mass is 9.81. The molecule has 4 rings (SSSR count). The van der Waals surface area contributed by atoms with Gasteiger partial charge in [-0.3, -0.25) is 9.48 Å². The summed E-state index contributed by atoms with van der Waals surface area (Å²) in [6.45, 7) is 10.1. The summed E-state index contributed by atoms with van der Waals surface area (Å²) in [6, 6.07) is 12.2. The van der Waals surface area contributed by atoms with Gasteiger partial charge in [-0.15, -0.1) is 5.10 Å². The molecule has 0 spiro atoms. The van der Waals surface area contributed by atoms with Gasteiger partial charge in [-0.1, -0.05) is 42.5 Å². The average molecular weight is 557 g/mol. The maximum absolute atomic E-state index is 13.7. The van der Waals surface area contributed by atoms with Crippen LogP contribution in [-0.2, 0) is 39.3 Å². The Hall–Kier alpha value is -3.28. The normalized spacial score (nSPS) is 18.1. The number of hydrogen-bond donors (Lipinski definition) is 1. The second-order valence-electron chi connectivity index (χ2n) is 10.4. The predicted molar refractivity (Wildman–Crippen MR) is 145 cm³/mol. The molecule has 0 saturated heterocycles. The number of aliphatic carboxylic acids is 1. The molecule has 210 valence electrons. The van der Waals surface area contributed by atoms with Gasteiger partial charge in [0.15, 0.2) is 0 Å². The summed E-state index contributed by atoms with van der Waals surface area (Å²) >= 11 is 0.